The molecule has 3 aromatic rings. The number of aromatic nitrogens is 2. The number of allylic oxidation sites excluding steroid dienone is 1. The number of benzene rings is 1. The molecular formula is C24H28N2O2S. The first kappa shape index (κ1) is 19.9. The first-order valence-corrected chi connectivity index (χ1v) is 11.3. The Morgan fingerprint density at radius 3 is 2.72 bits per heavy atom. The fraction of sp³-hybridized carbons (Fsp3) is 0.417. The molecule has 152 valence electrons. The fourth-order valence-electron chi connectivity index (χ4n) is 3.84. The molecule has 29 heavy (non-hydrogen) atoms. The molecule has 0 radical (unpaired) electrons. The van der Waals surface area contributed by atoms with Crippen LogP contribution in [0.25, 0.3) is 21.9 Å². The van der Waals surface area contributed by atoms with E-state index >= 15 is 0 Å². The van der Waals surface area contributed by atoms with Crippen LogP contribution in [0.2, 0.25) is 0 Å². The first-order chi connectivity index (χ1) is 14.1. The third-order valence-electron chi connectivity index (χ3n) is 5.67. The lowest BCUT2D eigenvalue weighted by atomic mass is 10.1. The second kappa shape index (κ2) is 8.54. The molecule has 0 unspecified atom stereocenters. The number of aryl methyl sites for hydroxylation is 2. The molecule has 0 fully saturated rings. The molecule has 0 atom stereocenters. The van der Waals surface area contributed by atoms with Gasteiger partial charge >= 0.3 is 0 Å². The summed E-state index contributed by atoms with van der Waals surface area (Å²) < 4.78 is 7.67. The molecule has 0 bridgehead atoms. The van der Waals surface area contributed by atoms with E-state index in [2.05, 4.69) is 32.1 Å². The molecule has 1 aromatic carbocycles. The van der Waals surface area contributed by atoms with Crippen LogP contribution in [-0.4, -0.2) is 16.2 Å². The summed E-state index contributed by atoms with van der Waals surface area (Å²) >= 11 is 1.61. The van der Waals surface area contributed by atoms with E-state index in [1.807, 2.05) is 23.6 Å². The summed E-state index contributed by atoms with van der Waals surface area (Å²) in [6.45, 7) is 7.77. The van der Waals surface area contributed by atoms with Crippen LogP contribution in [0.4, 0.5) is 0 Å². The number of nitrogens with zero attached hydrogens (tertiary/aromatic N) is 2. The van der Waals surface area contributed by atoms with E-state index in [9.17, 15) is 4.79 Å². The summed E-state index contributed by atoms with van der Waals surface area (Å²) in [7, 11) is 0. The van der Waals surface area contributed by atoms with Crippen LogP contribution in [0.5, 0.6) is 5.75 Å². The van der Waals surface area contributed by atoms with Gasteiger partial charge < -0.3 is 4.74 Å². The number of ether oxygens (including phenoxy) is 1. The van der Waals surface area contributed by atoms with Crippen LogP contribution >= 0.6 is 11.3 Å². The molecule has 1 aliphatic heterocycles. The van der Waals surface area contributed by atoms with Gasteiger partial charge in [0.15, 0.2) is 0 Å². The maximum Gasteiger partial charge on any atom is 0.262 e. The average molecular weight is 409 g/mol. The Labute approximate surface area is 175 Å². The normalized spacial score (nSPS) is 14.7. The lowest BCUT2D eigenvalue weighted by Gasteiger charge is -2.06. The molecule has 0 saturated carbocycles. The molecule has 5 heteroatoms. The number of hydrogen-bond donors (Lipinski definition) is 0. The minimum absolute atomic E-state index is 0.0991. The molecule has 0 N–H and O–H groups in total. The quantitative estimate of drug-likeness (QED) is 0.452. The summed E-state index contributed by atoms with van der Waals surface area (Å²) in [5.41, 5.74) is 3.41. The minimum Gasteiger partial charge on any atom is -0.494 e. The van der Waals surface area contributed by atoms with Crippen molar-refractivity contribution in [2.75, 3.05) is 6.61 Å². The van der Waals surface area contributed by atoms with Crippen LogP contribution in [0.1, 0.15) is 60.9 Å². The highest BCUT2D eigenvalue weighted by Crippen LogP contribution is 2.32. The van der Waals surface area contributed by atoms with Crippen molar-refractivity contribution in [3.63, 3.8) is 0 Å². The van der Waals surface area contributed by atoms with E-state index in [0.29, 0.717) is 6.54 Å². The van der Waals surface area contributed by atoms with Crippen LogP contribution in [-0.2, 0) is 6.54 Å². The summed E-state index contributed by atoms with van der Waals surface area (Å²) in [5.74, 6) is 1.73. The van der Waals surface area contributed by atoms with Crippen molar-refractivity contribution < 1.29 is 4.74 Å². The molecule has 3 heterocycles. The van der Waals surface area contributed by atoms with Gasteiger partial charge in [0.05, 0.1) is 12.0 Å². The monoisotopic (exact) mass is 408 g/mol. The third kappa shape index (κ3) is 4.01. The SMILES string of the molecule is CCCCCCOc1ccc(/C=C2\CCn3c2nc2sc(C)c(C)c2c3=O)cc1. The molecule has 2 aromatic heterocycles. The van der Waals surface area contributed by atoms with Crippen LogP contribution in [0.15, 0.2) is 29.1 Å². The number of unbranched alkanes of at least 4 members (excludes halogenated alkanes) is 3. The highest BCUT2D eigenvalue weighted by Gasteiger charge is 2.23. The molecule has 0 amide bonds. The molecule has 0 saturated heterocycles. The van der Waals surface area contributed by atoms with Gasteiger partial charge in [-0.05, 0) is 61.6 Å². The van der Waals surface area contributed by atoms with Gasteiger partial charge in [-0.1, -0.05) is 38.3 Å². The van der Waals surface area contributed by atoms with Crippen molar-refractivity contribution in [2.45, 2.75) is 59.4 Å². The van der Waals surface area contributed by atoms with E-state index in [0.717, 1.165) is 57.9 Å². The van der Waals surface area contributed by atoms with Crippen molar-refractivity contribution in [3.8, 4) is 5.75 Å². The van der Waals surface area contributed by atoms with Crippen LogP contribution in [0.3, 0.4) is 0 Å². The molecule has 1 aliphatic rings. The Kier molecular flexibility index (Phi) is 5.86. The van der Waals surface area contributed by atoms with Crippen molar-refractivity contribution >= 4 is 33.2 Å². The van der Waals surface area contributed by atoms with Gasteiger partial charge in [0.2, 0.25) is 0 Å². The topological polar surface area (TPSA) is 44.1 Å². The van der Waals surface area contributed by atoms with Gasteiger partial charge in [0, 0.05) is 11.4 Å². The molecule has 4 rings (SSSR count). The number of rotatable bonds is 7. The lowest BCUT2D eigenvalue weighted by molar-refractivity contribution is 0.305. The third-order valence-corrected chi connectivity index (χ3v) is 6.77. The largest absolute Gasteiger partial charge is 0.494 e. The van der Waals surface area contributed by atoms with E-state index < -0.39 is 0 Å². The summed E-state index contributed by atoms with van der Waals surface area (Å²) in [5, 5.41) is 0.790. The van der Waals surface area contributed by atoms with Crippen molar-refractivity contribution in [1.29, 1.82) is 0 Å². The Hall–Kier alpha value is -2.40. The number of hydrogen-bond acceptors (Lipinski definition) is 4. The van der Waals surface area contributed by atoms with E-state index in [1.54, 1.807) is 11.3 Å². The predicted molar refractivity (Wildman–Crippen MR) is 122 cm³/mol. The Morgan fingerprint density at radius 2 is 1.97 bits per heavy atom. The average Bonchev–Trinajstić information content (AvgIpc) is 3.24. The Balaban J connectivity index is 1.53. The van der Waals surface area contributed by atoms with Gasteiger partial charge in [0.1, 0.15) is 16.4 Å². The summed E-state index contributed by atoms with van der Waals surface area (Å²) in [6.07, 6.45) is 7.83. The van der Waals surface area contributed by atoms with Crippen molar-refractivity contribution in [2.24, 2.45) is 0 Å². The smallest absolute Gasteiger partial charge is 0.262 e. The highest BCUT2D eigenvalue weighted by atomic mass is 32.1. The zero-order chi connectivity index (χ0) is 20.4. The lowest BCUT2D eigenvalue weighted by Crippen LogP contribution is -2.20. The predicted octanol–water partition coefficient (Wildman–Crippen LogP) is 5.98. The second-order valence-corrected chi connectivity index (χ2v) is 8.96. The van der Waals surface area contributed by atoms with Gasteiger partial charge in [-0.15, -0.1) is 11.3 Å². The highest BCUT2D eigenvalue weighted by molar-refractivity contribution is 7.18. The van der Waals surface area contributed by atoms with Gasteiger partial charge in [-0.3, -0.25) is 9.36 Å². The maximum absolute atomic E-state index is 12.9. The fourth-order valence-corrected chi connectivity index (χ4v) is 4.86. The van der Waals surface area contributed by atoms with Gasteiger partial charge in [-0.25, -0.2) is 4.98 Å². The first-order valence-electron chi connectivity index (χ1n) is 10.5. The standard InChI is InChI=1S/C24H28N2O2S/c1-4-5-6-7-14-28-20-10-8-18(9-11-20)15-19-12-13-26-22(19)25-23-21(24(26)27)16(2)17(3)29-23/h8-11,15H,4-7,12-14H2,1-3H3/b19-15+. The molecule has 0 spiro atoms. The van der Waals surface area contributed by atoms with E-state index in [1.165, 1.54) is 24.1 Å². The number of thiophene rings is 1. The zero-order valence-electron chi connectivity index (χ0n) is 17.5. The molecule has 0 aliphatic carbocycles. The van der Waals surface area contributed by atoms with Crippen molar-refractivity contribution in [3.05, 3.63) is 56.4 Å². The summed E-state index contributed by atoms with van der Waals surface area (Å²) in [4.78, 5) is 19.8. The van der Waals surface area contributed by atoms with Gasteiger partial charge in [-0.2, -0.15) is 0 Å². The van der Waals surface area contributed by atoms with E-state index in [4.69, 9.17) is 9.72 Å². The van der Waals surface area contributed by atoms with Gasteiger partial charge in [0.25, 0.3) is 5.56 Å². The van der Waals surface area contributed by atoms with Crippen molar-refractivity contribution in [1.82, 2.24) is 9.55 Å². The zero-order valence-corrected chi connectivity index (χ0v) is 18.3. The molecule has 4 nitrogen and oxygen atoms in total. The number of fused-ring (bicyclic) bond motifs is 2. The molecular weight excluding hydrogens is 380 g/mol. The minimum atomic E-state index is 0.0991. The van der Waals surface area contributed by atoms with Crippen LogP contribution < -0.4 is 10.3 Å². The Morgan fingerprint density at radius 1 is 1.17 bits per heavy atom. The maximum atomic E-state index is 12.9. The van der Waals surface area contributed by atoms with E-state index in [-0.39, 0.29) is 5.56 Å². The Bertz CT molecular complexity index is 1110. The second-order valence-electron chi connectivity index (χ2n) is 7.75. The summed E-state index contributed by atoms with van der Waals surface area (Å²) in [6, 6.07) is 8.20. The van der Waals surface area contributed by atoms with Crippen LogP contribution in [0, 0.1) is 13.8 Å².